The van der Waals surface area contributed by atoms with Crippen LogP contribution < -0.4 is 11.1 Å². The number of rotatable bonds is 6. The van der Waals surface area contributed by atoms with Crippen molar-refractivity contribution in [2.75, 3.05) is 11.1 Å². The van der Waals surface area contributed by atoms with Crippen LogP contribution in [0.2, 0.25) is 5.02 Å². The van der Waals surface area contributed by atoms with E-state index in [4.69, 9.17) is 17.3 Å². The van der Waals surface area contributed by atoms with E-state index in [1.165, 1.54) is 19.3 Å². The molecule has 0 aliphatic rings. The molecule has 1 heterocycles. The second-order valence-electron chi connectivity index (χ2n) is 4.14. The Morgan fingerprint density at radius 2 is 2.25 bits per heavy atom. The van der Waals surface area contributed by atoms with Crippen LogP contribution in [0.1, 0.15) is 39.5 Å². The third-order valence-corrected chi connectivity index (χ3v) is 2.77. The fourth-order valence-electron chi connectivity index (χ4n) is 1.57. The van der Waals surface area contributed by atoms with Crippen molar-refractivity contribution in [3.05, 3.63) is 17.3 Å². The summed E-state index contributed by atoms with van der Waals surface area (Å²) in [5.74, 6) is 0.722. The second kappa shape index (κ2) is 6.59. The zero-order chi connectivity index (χ0) is 12.0. The van der Waals surface area contributed by atoms with Gasteiger partial charge in [-0.2, -0.15) is 0 Å². The predicted molar refractivity (Wildman–Crippen MR) is 70.9 cm³/mol. The van der Waals surface area contributed by atoms with Crippen LogP contribution in [0.4, 0.5) is 11.5 Å². The number of pyridine rings is 1. The summed E-state index contributed by atoms with van der Waals surface area (Å²) in [6.45, 7) is 4.35. The summed E-state index contributed by atoms with van der Waals surface area (Å²) in [6, 6.07) is 2.11. The maximum atomic E-state index is 6.03. The molecule has 3 nitrogen and oxygen atoms in total. The second-order valence-corrected chi connectivity index (χ2v) is 4.55. The van der Waals surface area contributed by atoms with Crippen molar-refractivity contribution in [3.63, 3.8) is 0 Å². The van der Waals surface area contributed by atoms with Crippen LogP contribution in [0.3, 0.4) is 0 Å². The van der Waals surface area contributed by atoms with E-state index in [0.29, 0.717) is 16.8 Å². The van der Waals surface area contributed by atoms with Crippen LogP contribution in [-0.4, -0.2) is 11.0 Å². The summed E-state index contributed by atoms with van der Waals surface area (Å²) in [5, 5.41) is 3.88. The minimum atomic E-state index is 0.389. The van der Waals surface area contributed by atoms with E-state index < -0.39 is 0 Å². The van der Waals surface area contributed by atoms with Crippen molar-refractivity contribution in [1.29, 1.82) is 0 Å². The number of nitrogens with zero attached hydrogens (tertiary/aromatic N) is 1. The average molecular weight is 242 g/mol. The lowest BCUT2D eigenvalue weighted by Crippen LogP contribution is -2.16. The van der Waals surface area contributed by atoms with Gasteiger partial charge in [0.05, 0.1) is 16.9 Å². The highest BCUT2D eigenvalue weighted by atomic mass is 35.5. The first kappa shape index (κ1) is 13.1. The largest absolute Gasteiger partial charge is 0.397 e. The Morgan fingerprint density at radius 3 is 2.88 bits per heavy atom. The third kappa shape index (κ3) is 4.27. The van der Waals surface area contributed by atoms with Gasteiger partial charge in [0.2, 0.25) is 0 Å². The molecule has 4 heteroatoms. The van der Waals surface area contributed by atoms with Gasteiger partial charge >= 0.3 is 0 Å². The molecule has 0 saturated carbocycles. The van der Waals surface area contributed by atoms with Crippen LogP contribution in [0, 0.1) is 0 Å². The molecule has 0 bridgehead atoms. The number of hydrogen-bond donors (Lipinski definition) is 2. The molecule has 3 N–H and O–H groups in total. The summed E-state index contributed by atoms with van der Waals surface area (Å²) in [7, 11) is 0. The van der Waals surface area contributed by atoms with Crippen LogP contribution in [0.15, 0.2) is 12.3 Å². The zero-order valence-electron chi connectivity index (χ0n) is 9.96. The number of anilines is 2. The van der Waals surface area contributed by atoms with Crippen LogP contribution in [-0.2, 0) is 0 Å². The van der Waals surface area contributed by atoms with E-state index in [0.717, 1.165) is 12.2 Å². The number of nitrogens with two attached hydrogens (primary N) is 1. The molecule has 16 heavy (non-hydrogen) atoms. The quantitative estimate of drug-likeness (QED) is 0.747. The van der Waals surface area contributed by atoms with Crippen molar-refractivity contribution < 1.29 is 0 Å². The molecule has 0 radical (unpaired) electrons. The first-order valence-electron chi connectivity index (χ1n) is 5.81. The van der Waals surface area contributed by atoms with Gasteiger partial charge in [-0.15, -0.1) is 0 Å². The Bertz CT molecular complexity index is 328. The molecule has 1 rings (SSSR count). The summed E-state index contributed by atoms with van der Waals surface area (Å²) in [5.41, 5.74) is 6.17. The first-order valence-corrected chi connectivity index (χ1v) is 6.18. The molecule has 0 aliphatic heterocycles. The lowest BCUT2D eigenvalue weighted by atomic mass is 10.1. The molecule has 0 saturated heterocycles. The lowest BCUT2D eigenvalue weighted by Gasteiger charge is -2.15. The van der Waals surface area contributed by atoms with Gasteiger partial charge in [0.15, 0.2) is 0 Å². The van der Waals surface area contributed by atoms with E-state index in [-0.39, 0.29) is 0 Å². The molecule has 1 aromatic heterocycles. The smallest absolute Gasteiger partial charge is 0.145 e. The summed E-state index contributed by atoms with van der Waals surface area (Å²) < 4.78 is 0. The van der Waals surface area contributed by atoms with Gasteiger partial charge in [-0.25, -0.2) is 4.98 Å². The number of aromatic nitrogens is 1. The molecule has 1 atom stereocenters. The van der Waals surface area contributed by atoms with Crippen molar-refractivity contribution >= 4 is 23.1 Å². The van der Waals surface area contributed by atoms with Gasteiger partial charge in [-0.3, -0.25) is 0 Å². The average Bonchev–Trinajstić information content (AvgIpc) is 2.23. The molecule has 0 aromatic carbocycles. The monoisotopic (exact) mass is 241 g/mol. The zero-order valence-corrected chi connectivity index (χ0v) is 10.7. The lowest BCUT2D eigenvalue weighted by molar-refractivity contribution is 0.614. The third-order valence-electron chi connectivity index (χ3n) is 2.49. The Labute approximate surface area is 102 Å². The summed E-state index contributed by atoms with van der Waals surface area (Å²) >= 11 is 6.03. The SMILES string of the molecule is CCCCCC(C)Nc1ncc(N)cc1Cl. The Hall–Kier alpha value is -0.960. The van der Waals surface area contributed by atoms with Crippen molar-refractivity contribution in [3.8, 4) is 0 Å². The van der Waals surface area contributed by atoms with Gasteiger partial charge in [0.25, 0.3) is 0 Å². The number of halogens is 1. The van der Waals surface area contributed by atoms with Gasteiger partial charge in [-0.05, 0) is 19.4 Å². The van der Waals surface area contributed by atoms with Crippen molar-refractivity contribution in [1.82, 2.24) is 4.98 Å². The molecular formula is C12H20ClN3. The minimum Gasteiger partial charge on any atom is -0.397 e. The van der Waals surface area contributed by atoms with E-state index in [2.05, 4.69) is 24.1 Å². The van der Waals surface area contributed by atoms with Crippen LogP contribution in [0.5, 0.6) is 0 Å². The highest BCUT2D eigenvalue weighted by Gasteiger charge is 2.06. The van der Waals surface area contributed by atoms with Gasteiger partial charge < -0.3 is 11.1 Å². The molecule has 0 aliphatic carbocycles. The maximum absolute atomic E-state index is 6.03. The van der Waals surface area contributed by atoms with Gasteiger partial charge in [-0.1, -0.05) is 37.8 Å². The Balaban J connectivity index is 2.46. The number of unbranched alkanes of at least 4 members (excludes halogenated alkanes) is 2. The van der Waals surface area contributed by atoms with Crippen molar-refractivity contribution in [2.24, 2.45) is 0 Å². The van der Waals surface area contributed by atoms with E-state index in [9.17, 15) is 0 Å². The first-order chi connectivity index (χ1) is 7.63. The molecule has 1 aromatic rings. The topological polar surface area (TPSA) is 50.9 Å². The van der Waals surface area contributed by atoms with Crippen molar-refractivity contribution in [2.45, 2.75) is 45.6 Å². The molecule has 0 amide bonds. The molecule has 0 spiro atoms. The standard InChI is InChI=1S/C12H20ClN3/c1-3-4-5-6-9(2)16-12-11(13)7-10(14)8-15-12/h7-9H,3-6,14H2,1-2H3,(H,15,16). The van der Waals surface area contributed by atoms with Crippen LogP contribution >= 0.6 is 11.6 Å². The number of nitrogen functional groups attached to an aromatic ring is 1. The van der Waals surface area contributed by atoms with Crippen LogP contribution in [0.25, 0.3) is 0 Å². The normalized spacial score (nSPS) is 12.4. The van der Waals surface area contributed by atoms with Gasteiger partial charge in [0.1, 0.15) is 5.82 Å². The predicted octanol–water partition coefficient (Wildman–Crippen LogP) is 3.70. The maximum Gasteiger partial charge on any atom is 0.145 e. The number of nitrogens with one attached hydrogen (secondary N) is 1. The summed E-state index contributed by atoms with van der Waals surface area (Å²) in [4.78, 5) is 4.18. The highest BCUT2D eigenvalue weighted by molar-refractivity contribution is 6.33. The Morgan fingerprint density at radius 1 is 1.50 bits per heavy atom. The summed E-state index contributed by atoms with van der Waals surface area (Å²) in [6.07, 6.45) is 6.50. The van der Waals surface area contributed by atoms with E-state index >= 15 is 0 Å². The molecule has 1 unspecified atom stereocenters. The molecular weight excluding hydrogens is 222 g/mol. The fourth-order valence-corrected chi connectivity index (χ4v) is 1.79. The number of hydrogen-bond acceptors (Lipinski definition) is 3. The Kier molecular flexibility index (Phi) is 5.39. The minimum absolute atomic E-state index is 0.389. The fraction of sp³-hybridized carbons (Fsp3) is 0.583. The van der Waals surface area contributed by atoms with E-state index in [1.54, 1.807) is 12.3 Å². The van der Waals surface area contributed by atoms with Gasteiger partial charge in [0, 0.05) is 6.04 Å². The molecule has 90 valence electrons. The van der Waals surface area contributed by atoms with E-state index in [1.807, 2.05) is 0 Å². The molecule has 0 fully saturated rings. The highest BCUT2D eigenvalue weighted by Crippen LogP contribution is 2.22.